The molecule has 4 rings (SSSR count). The molecule has 1 aliphatic heterocycles. The van der Waals surface area contributed by atoms with Gasteiger partial charge in [-0.25, -0.2) is 4.98 Å². The molecular weight excluding hydrogens is 353 g/mol. The lowest BCUT2D eigenvalue weighted by atomic mass is 10.2. The van der Waals surface area contributed by atoms with Crippen molar-refractivity contribution in [2.24, 2.45) is 0 Å². The van der Waals surface area contributed by atoms with Crippen molar-refractivity contribution in [3.8, 4) is 11.5 Å². The van der Waals surface area contributed by atoms with E-state index in [4.69, 9.17) is 14.2 Å². The number of methoxy groups -OCH3 is 2. The van der Waals surface area contributed by atoms with E-state index < -0.39 is 6.08 Å². The molecule has 0 aliphatic carbocycles. The highest BCUT2D eigenvalue weighted by Crippen LogP contribution is 2.31. The Morgan fingerprint density at radius 2 is 1.93 bits per heavy atom. The molecule has 1 N–H and O–H groups in total. The highest BCUT2D eigenvalue weighted by Gasteiger charge is 2.21. The Balaban J connectivity index is 1.73. The second kappa shape index (κ2) is 7.36. The number of ether oxygens (including phenoxy) is 3. The van der Waals surface area contributed by atoms with Crippen molar-refractivity contribution in [2.45, 2.75) is 25.5 Å². The molecule has 3 aromatic rings. The van der Waals surface area contributed by atoms with E-state index in [1.54, 1.807) is 43.3 Å². The van der Waals surface area contributed by atoms with Gasteiger partial charge in [-0.1, -0.05) is 0 Å². The summed E-state index contributed by atoms with van der Waals surface area (Å²) in [6.07, 6.45) is 3.50. The number of fused-ring (bicyclic) bond motifs is 1. The van der Waals surface area contributed by atoms with Gasteiger partial charge in [-0.2, -0.15) is 14.4 Å². The lowest BCUT2D eigenvalue weighted by molar-refractivity contribution is -0.0298. The predicted molar refractivity (Wildman–Crippen MR) is 96.9 cm³/mol. The molecule has 9 heteroatoms. The summed E-state index contributed by atoms with van der Waals surface area (Å²) in [6, 6.07) is 5.27. The van der Waals surface area contributed by atoms with Crippen LogP contribution in [0.25, 0.3) is 11.2 Å². The number of aromatic nitrogens is 4. The number of benzene rings is 1. The summed E-state index contributed by atoms with van der Waals surface area (Å²) < 4.78 is 32.2. The zero-order valence-electron chi connectivity index (χ0n) is 15.1. The highest BCUT2D eigenvalue weighted by molar-refractivity contribution is 5.85. The maximum absolute atomic E-state index is 14.1. The van der Waals surface area contributed by atoms with Gasteiger partial charge in [0.05, 0.1) is 20.5 Å². The Bertz CT molecular complexity index is 933. The standard InChI is InChI=1S/C18H20FN5O3/c1-25-12-7-11(8-13(9-12)26-2)21-16-15-17(23-18(19)22-16)24(10-20-15)14-5-3-4-6-27-14/h7-10,14H,3-6H2,1-2H3,(H,21,22,23). The van der Waals surface area contributed by atoms with Crippen LogP contribution in [0, 0.1) is 6.08 Å². The van der Waals surface area contributed by atoms with Crippen LogP contribution in [-0.4, -0.2) is 40.3 Å². The van der Waals surface area contributed by atoms with Crippen molar-refractivity contribution < 1.29 is 18.6 Å². The van der Waals surface area contributed by atoms with Gasteiger partial charge in [0, 0.05) is 30.5 Å². The molecule has 0 radical (unpaired) electrons. The Labute approximate surface area is 155 Å². The smallest absolute Gasteiger partial charge is 0.312 e. The number of hydrogen-bond donors (Lipinski definition) is 1. The molecule has 1 aliphatic rings. The third-order valence-electron chi connectivity index (χ3n) is 4.47. The monoisotopic (exact) mass is 373 g/mol. The SMILES string of the molecule is COc1cc(Nc2nc(F)nc3c2ncn3C2CCCCO2)cc(OC)c1. The summed E-state index contributed by atoms with van der Waals surface area (Å²) in [5.41, 5.74) is 1.49. The van der Waals surface area contributed by atoms with Crippen LogP contribution in [0.1, 0.15) is 25.5 Å². The first-order chi connectivity index (χ1) is 13.2. The predicted octanol–water partition coefficient (Wildman–Crippen LogP) is 3.43. The van der Waals surface area contributed by atoms with Gasteiger partial charge in [-0.05, 0) is 19.3 Å². The fourth-order valence-corrected chi connectivity index (χ4v) is 3.15. The molecule has 27 heavy (non-hydrogen) atoms. The molecule has 1 unspecified atom stereocenters. The van der Waals surface area contributed by atoms with E-state index in [-0.39, 0.29) is 12.0 Å². The second-order valence-corrected chi connectivity index (χ2v) is 6.21. The molecule has 1 aromatic carbocycles. The quantitative estimate of drug-likeness (QED) is 0.686. The number of hydrogen-bond acceptors (Lipinski definition) is 7. The Kier molecular flexibility index (Phi) is 4.76. The van der Waals surface area contributed by atoms with Crippen LogP contribution in [-0.2, 0) is 4.74 Å². The fourth-order valence-electron chi connectivity index (χ4n) is 3.15. The lowest BCUT2D eigenvalue weighted by Gasteiger charge is -2.23. The maximum atomic E-state index is 14.1. The van der Waals surface area contributed by atoms with Gasteiger partial charge in [0.2, 0.25) is 0 Å². The zero-order valence-corrected chi connectivity index (χ0v) is 15.1. The second-order valence-electron chi connectivity index (χ2n) is 6.21. The van der Waals surface area contributed by atoms with Crippen LogP contribution < -0.4 is 14.8 Å². The molecule has 1 fully saturated rings. The molecule has 1 saturated heterocycles. The van der Waals surface area contributed by atoms with Crippen molar-refractivity contribution in [1.29, 1.82) is 0 Å². The molecule has 0 amide bonds. The highest BCUT2D eigenvalue weighted by atomic mass is 19.1. The number of rotatable bonds is 5. The fraction of sp³-hybridized carbons (Fsp3) is 0.389. The molecule has 0 spiro atoms. The molecule has 142 valence electrons. The summed E-state index contributed by atoms with van der Waals surface area (Å²) in [5, 5.41) is 3.09. The first-order valence-corrected chi connectivity index (χ1v) is 8.69. The number of nitrogens with zero attached hydrogens (tertiary/aromatic N) is 4. The minimum absolute atomic E-state index is 0.192. The third kappa shape index (κ3) is 3.50. The summed E-state index contributed by atoms with van der Waals surface area (Å²) in [7, 11) is 3.12. The van der Waals surface area contributed by atoms with E-state index in [0.717, 1.165) is 19.3 Å². The molecule has 0 saturated carbocycles. The minimum atomic E-state index is -0.836. The first kappa shape index (κ1) is 17.5. The van der Waals surface area contributed by atoms with Crippen molar-refractivity contribution in [1.82, 2.24) is 19.5 Å². The zero-order chi connectivity index (χ0) is 18.8. The topological polar surface area (TPSA) is 83.3 Å². The summed E-state index contributed by atoms with van der Waals surface area (Å²) in [6.45, 7) is 0.673. The van der Waals surface area contributed by atoms with Crippen LogP contribution in [0.2, 0.25) is 0 Å². The van der Waals surface area contributed by atoms with Crippen molar-refractivity contribution in [3.05, 3.63) is 30.6 Å². The third-order valence-corrected chi connectivity index (χ3v) is 4.47. The molecule has 0 bridgehead atoms. The summed E-state index contributed by atoms with van der Waals surface area (Å²) >= 11 is 0. The van der Waals surface area contributed by atoms with Crippen LogP contribution in [0.5, 0.6) is 11.5 Å². The van der Waals surface area contributed by atoms with Crippen molar-refractivity contribution >= 4 is 22.7 Å². The minimum Gasteiger partial charge on any atom is -0.497 e. The normalized spacial score (nSPS) is 17.1. The Morgan fingerprint density at radius 3 is 2.59 bits per heavy atom. The van der Waals surface area contributed by atoms with Gasteiger partial charge in [-0.15, -0.1) is 0 Å². The first-order valence-electron chi connectivity index (χ1n) is 8.69. The largest absolute Gasteiger partial charge is 0.497 e. The molecule has 2 aromatic heterocycles. The Hall–Kier alpha value is -2.94. The average molecular weight is 373 g/mol. The summed E-state index contributed by atoms with van der Waals surface area (Å²) in [5.74, 6) is 1.47. The number of imidazole rings is 1. The van der Waals surface area contributed by atoms with Crippen molar-refractivity contribution in [2.75, 3.05) is 26.1 Å². The number of nitrogens with one attached hydrogen (secondary N) is 1. The lowest BCUT2D eigenvalue weighted by Crippen LogP contribution is -2.18. The van der Waals surface area contributed by atoms with E-state index >= 15 is 0 Å². The van der Waals surface area contributed by atoms with Crippen LogP contribution in [0.4, 0.5) is 15.9 Å². The van der Waals surface area contributed by atoms with Gasteiger partial charge < -0.3 is 19.5 Å². The van der Waals surface area contributed by atoms with Crippen LogP contribution in [0.15, 0.2) is 24.5 Å². The summed E-state index contributed by atoms with van der Waals surface area (Å²) in [4.78, 5) is 12.2. The van der Waals surface area contributed by atoms with E-state index in [1.165, 1.54) is 0 Å². The van der Waals surface area contributed by atoms with Gasteiger partial charge in [-0.3, -0.25) is 4.57 Å². The van der Waals surface area contributed by atoms with E-state index in [1.807, 2.05) is 0 Å². The molecule has 1 atom stereocenters. The van der Waals surface area contributed by atoms with Gasteiger partial charge in [0.15, 0.2) is 17.0 Å². The molecule has 8 nitrogen and oxygen atoms in total. The van der Waals surface area contributed by atoms with E-state index in [0.29, 0.717) is 35.0 Å². The molecule has 3 heterocycles. The Morgan fingerprint density at radius 1 is 1.15 bits per heavy atom. The average Bonchev–Trinajstić information content (AvgIpc) is 3.12. The molecular formula is C18H20FN5O3. The van der Waals surface area contributed by atoms with Gasteiger partial charge >= 0.3 is 6.08 Å². The van der Waals surface area contributed by atoms with E-state index in [9.17, 15) is 4.39 Å². The maximum Gasteiger partial charge on any atom is 0.312 e. The van der Waals surface area contributed by atoms with Gasteiger partial charge in [0.25, 0.3) is 0 Å². The van der Waals surface area contributed by atoms with E-state index in [2.05, 4.69) is 20.3 Å². The van der Waals surface area contributed by atoms with Gasteiger partial charge in [0.1, 0.15) is 17.7 Å². The van der Waals surface area contributed by atoms with Crippen LogP contribution in [0.3, 0.4) is 0 Å². The van der Waals surface area contributed by atoms with Crippen molar-refractivity contribution in [3.63, 3.8) is 0 Å². The number of anilines is 2. The van der Waals surface area contributed by atoms with Crippen LogP contribution >= 0.6 is 0 Å². The number of halogens is 1.